The smallest absolute Gasteiger partial charge is 0.254 e. The largest absolute Gasteiger partial charge is 0.493 e. The normalized spacial score (nSPS) is 16.4. The quantitative estimate of drug-likeness (QED) is 0.669. The third-order valence-corrected chi connectivity index (χ3v) is 6.16. The van der Waals surface area contributed by atoms with Gasteiger partial charge in [0.2, 0.25) is 0 Å². The molecule has 5 rings (SSSR count). The Morgan fingerprint density at radius 2 is 1.80 bits per heavy atom. The van der Waals surface area contributed by atoms with Gasteiger partial charge in [-0.1, -0.05) is 18.2 Å². The Balaban J connectivity index is 1.22. The summed E-state index contributed by atoms with van der Waals surface area (Å²) in [6, 6.07) is 16.5. The minimum absolute atomic E-state index is 0.123. The van der Waals surface area contributed by atoms with Crippen LogP contribution in [0.25, 0.3) is 5.69 Å². The predicted molar refractivity (Wildman–Crippen MR) is 117 cm³/mol. The first-order valence-electron chi connectivity index (χ1n) is 10.7. The summed E-state index contributed by atoms with van der Waals surface area (Å²) in [5.41, 5.74) is 5.63. The number of carbonyl (C=O) groups excluding carboxylic acids is 1. The molecule has 0 unspecified atom stereocenters. The molecular weight excluding hydrogens is 374 g/mol. The lowest BCUT2D eigenvalue weighted by molar-refractivity contribution is 0.0628. The van der Waals surface area contributed by atoms with Gasteiger partial charge in [0.1, 0.15) is 5.75 Å². The van der Waals surface area contributed by atoms with Crippen molar-refractivity contribution in [2.75, 3.05) is 32.8 Å². The van der Waals surface area contributed by atoms with Crippen LogP contribution < -0.4 is 4.74 Å². The minimum atomic E-state index is 0.123. The molecule has 154 valence electrons. The summed E-state index contributed by atoms with van der Waals surface area (Å²) >= 11 is 0. The van der Waals surface area contributed by atoms with Crippen molar-refractivity contribution >= 4 is 5.91 Å². The van der Waals surface area contributed by atoms with Gasteiger partial charge in [0.15, 0.2) is 0 Å². The average molecular weight is 402 g/mol. The summed E-state index contributed by atoms with van der Waals surface area (Å²) in [5.74, 6) is 1.16. The number of piperazine rings is 1. The summed E-state index contributed by atoms with van der Waals surface area (Å²) in [4.78, 5) is 17.5. The topological polar surface area (TPSA) is 37.7 Å². The van der Waals surface area contributed by atoms with Crippen LogP contribution >= 0.6 is 0 Å². The van der Waals surface area contributed by atoms with Crippen molar-refractivity contribution in [3.05, 3.63) is 83.2 Å². The lowest BCUT2D eigenvalue weighted by atomic mass is 10.1. The zero-order valence-electron chi connectivity index (χ0n) is 17.4. The van der Waals surface area contributed by atoms with Crippen molar-refractivity contribution in [1.82, 2.24) is 14.4 Å². The van der Waals surface area contributed by atoms with E-state index >= 15 is 0 Å². The molecule has 1 fully saturated rings. The van der Waals surface area contributed by atoms with Gasteiger partial charge in [-0.25, -0.2) is 0 Å². The molecule has 0 atom stereocenters. The molecule has 30 heavy (non-hydrogen) atoms. The highest BCUT2D eigenvalue weighted by molar-refractivity contribution is 5.95. The van der Waals surface area contributed by atoms with Crippen LogP contribution in [-0.4, -0.2) is 53.1 Å². The first-order chi connectivity index (χ1) is 14.7. The van der Waals surface area contributed by atoms with Crippen LogP contribution in [0.5, 0.6) is 5.75 Å². The molecule has 3 aromatic rings. The van der Waals surface area contributed by atoms with Gasteiger partial charge in [-0.3, -0.25) is 9.69 Å². The number of benzene rings is 2. The Morgan fingerprint density at radius 3 is 2.60 bits per heavy atom. The fourth-order valence-corrected chi connectivity index (χ4v) is 4.40. The van der Waals surface area contributed by atoms with Gasteiger partial charge in [-0.15, -0.1) is 0 Å². The van der Waals surface area contributed by atoms with Crippen molar-refractivity contribution in [3.63, 3.8) is 0 Å². The number of hydrogen-bond donors (Lipinski definition) is 0. The molecule has 1 aromatic heterocycles. The molecule has 0 N–H and O–H groups in total. The number of fused-ring (bicyclic) bond motifs is 1. The Bertz CT molecular complexity index is 1050. The van der Waals surface area contributed by atoms with E-state index in [1.807, 2.05) is 47.6 Å². The van der Waals surface area contributed by atoms with Gasteiger partial charge in [-0.2, -0.15) is 0 Å². The van der Waals surface area contributed by atoms with Crippen LogP contribution in [0.2, 0.25) is 0 Å². The lowest BCUT2D eigenvalue weighted by Crippen LogP contribution is -2.48. The SMILES string of the molecule is Cc1ccc(C(=O)N2CCN(Cc3ccc4c(c3)CCO4)CC2)cc1-n1cccc1. The van der Waals surface area contributed by atoms with Crippen molar-refractivity contribution in [1.29, 1.82) is 0 Å². The lowest BCUT2D eigenvalue weighted by Gasteiger charge is -2.35. The van der Waals surface area contributed by atoms with Crippen LogP contribution in [-0.2, 0) is 13.0 Å². The van der Waals surface area contributed by atoms with E-state index < -0.39 is 0 Å². The molecule has 0 aliphatic carbocycles. The number of ether oxygens (including phenoxy) is 1. The number of aryl methyl sites for hydroxylation is 1. The summed E-state index contributed by atoms with van der Waals surface area (Å²) in [7, 11) is 0. The van der Waals surface area contributed by atoms with Crippen molar-refractivity contribution in [2.24, 2.45) is 0 Å². The molecular formula is C25H27N3O2. The molecule has 0 radical (unpaired) electrons. The number of nitrogens with zero attached hydrogens (tertiary/aromatic N) is 3. The Labute approximate surface area is 177 Å². The van der Waals surface area contributed by atoms with E-state index in [0.29, 0.717) is 0 Å². The molecule has 0 saturated carbocycles. The maximum absolute atomic E-state index is 13.1. The van der Waals surface area contributed by atoms with E-state index in [0.717, 1.165) is 68.3 Å². The molecule has 2 aliphatic rings. The van der Waals surface area contributed by atoms with Crippen LogP contribution in [0.15, 0.2) is 60.9 Å². The second-order valence-electron chi connectivity index (χ2n) is 8.20. The number of hydrogen-bond acceptors (Lipinski definition) is 3. The zero-order valence-corrected chi connectivity index (χ0v) is 17.4. The molecule has 3 heterocycles. The second-order valence-corrected chi connectivity index (χ2v) is 8.20. The number of aromatic nitrogens is 1. The van der Waals surface area contributed by atoms with Gasteiger partial charge in [-0.05, 0) is 53.9 Å². The van der Waals surface area contributed by atoms with Gasteiger partial charge in [0.05, 0.1) is 6.61 Å². The van der Waals surface area contributed by atoms with E-state index in [1.54, 1.807) is 0 Å². The first-order valence-corrected chi connectivity index (χ1v) is 10.7. The number of amides is 1. The predicted octanol–water partition coefficient (Wildman–Crippen LogP) is 3.68. The van der Waals surface area contributed by atoms with E-state index in [4.69, 9.17) is 4.74 Å². The maximum Gasteiger partial charge on any atom is 0.254 e. The van der Waals surface area contributed by atoms with Crippen LogP contribution in [0.3, 0.4) is 0 Å². The van der Waals surface area contributed by atoms with Crippen LogP contribution in [0.1, 0.15) is 27.0 Å². The monoisotopic (exact) mass is 401 g/mol. The fraction of sp³-hybridized carbons (Fsp3) is 0.320. The van der Waals surface area contributed by atoms with E-state index in [9.17, 15) is 4.79 Å². The molecule has 2 aliphatic heterocycles. The van der Waals surface area contributed by atoms with Crippen molar-refractivity contribution < 1.29 is 9.53 Å². The van der Waals surface area contributed by atoms with Gasteiger partial charge in [0, 0.05) is 62.8 Å². The van der Waals surface area contributed by atoms with E-state index in [1.165, 1.54) is 11.1 Å². The summed E-state index contributed by atoms with van der Waals surface area (Å²) in [6.45, 7) is 7.13. The molecule has 1 saturated heterocycles. The van der Waals surface area contributed by atoms with Crippen molar-refractivity contribution in [3.8, 4) is 11.4 Å². The third kappa shape index (κ3) is 3.73. The zero-order chi connectivity index (χ0) is 20.5. The molecule has 5 heteroatoms. The number of carbonyl (C=O) groups is 1. The molecule has 1 amide bonds. The Hall–Kier alpha value is -3.05. The Morgan fingerprint density at radius 1 is 1.00 bits per heavy atom. The first kappa shape index (κ1) is 18.9. The highest BCUT2D eigenvalue weighted by atomic mass is 16.5. The van der Waals surface area contributed by atoms with Crippen LogP contribution in [0, 0.1) is 6.92 Å². The fourth-order valence-electron chi connectivity index (χ4n) is 4.40. The molecule has 0 spiro atoms. The highest BCUT2D eigenvalue weighted by Gasteiger charge is 2.23. The summed E-state index contributed by atoms with van der Waals surface area (Å²) in [5, 5.41) is 0. The summed E-state index contributed by atoms with van der Waals surface area (Å²) in [6.07, 6.45) is 5.04. The highest BCUT2D eigenvalue weighted by Crippen LogP contribution is 2.26. The average Bonchev–Trinajstić information content (AvgIpc) is 3.46. The van der Waals surface area contributed by atoms with Gasteiger partial charge < -0.3 is 14.2 Å². The maximum atomic E-state index is 13.1. The minimum Gasteiger partial charge on any atom is -0.493 e. The van der Waals surface area contributed by atoms with E-state index in [2.05, 4.69) is 34.6 Å². The van der Waals surface area contributed by atoms with Gasteiger partial charge >= 0.3 is 0 Å². The number of rotatable bonds is 4. The van der Waals surface area contributed by atoms with Crippen molar-refractivity contribution in [2.45, 2.75) is 19.9 Å². The second kappa shape index (κ2) is 8.00. The molecule has 5 nitrogen and oxygen atoms in total. The standard InChI is InChI=1S/C25H27N3O2/c1-19-4-6-22(17-23(19)27-9-2-3-10-27)25(29)28-13-11-26(12-14-28)18-20-5-7-24-21(16-20)8-15-30-24/h2-7,9-10,16-17H,8,11-15,18H2,1H3. The summed E-state index contributed by atoms with van der Waals surface area (Å²) < 4.78 is 7.67. The third-order valence-electron chi connectivity index (χ3n) is 6.16. The van der Waals surface area contributed by atoms with E-state index in [-0.39, 0.29) is 5.91 Å². The van der Waals surface area contributed by atoms with Gasteiger partial charge in [0.25, 0.3) is 5.91 Å². The molecule has 0 bridgehead atoms. The Kier molecular flexibility index (Phi) is 5.05. The van der Waals surface area contributed by atoms with Crippen LogP contribution in [0.4, 0.5) is 0 Å². The molecule has 2 aromatic carbocycles.